The Morgan fingerprint density at radius 1 is 0.933 bits per heavy atom. The molecule has 0 aliphatic carbocycles. The van der Waals surface area contributed by atoms with E-state index < -0.39 is 36.4 Å². The Bertz CT molecular complexity index is 978. The van der Waals surface area contributed by atoms with Crippen molar-refractivity contribution >= 4 is 17.9 Å². The second-order valence-corrected chi connectivity index (χ2v) is 10.6. The average molecular weight is 674 g/mol. The lowest BCUT2D eigenvalue weighted by Gasteiger charge is -2.46. The van der Waals surface area contributed by atoms with E-state index in [9.17, 15) is 39.5 Å². The molecule has 3 N–H and O–H groups in total. The minimum Gasteiger partial charge on any atom is -0.475 e. The lowest BCUT2D eigenvalue weighted by Crippen LogP contribution is -2.47. The van der Waals surface area contributed by atoms with Gasteiger partial charge in [0.05, 0.1) is 12.7 Å². The van der Waals surface area contributed by atoms with Crippen LogP contribution in [0.4, 0.5) is 39.5 Å². The molecule has 2 fully saturated rings. The summed E-state index contributed by atoms with van der Waals surface area (Å²) >= 11 is 0. The fourth-order valence-corrected chi connectivity index (χ4v) is 3.92. The van der Waals surface area contributed by atoms with Crippen molar-refractivity contribution in [3.05, 3.63) is 30.1 Å². The predicted octanol–water partition coefficient (Wildman–Crippen LogP) is 5.08. The van der Waals surface area contributed by atoms with Gasteiger partial charge in [-0.05, 0) is 76.7 Å². The van der Waals surface area contributed by atoms with Crippen molar-refractivity contribution in [3.8, 4) is 0 Å². The second kappa shape index (κ2) is 18.1. The standard InChI is InChI=1S/C20H33N3O.3C2HF3O2/c1-17(2)22(3)15-19-6-7-20(16-24-19)8-11-23(12-9-20)14-18-5-4-10-21-13-18;3*3-2(4,5)1(6)7/h4-5,10,13,17,19H,6-9,11-12,14-16H2,1-3H3;3*(H,6,7). The number of pyridine rings is 1. The third-order valence-electron chi connectivity index (χ3n) is 6.77. The fourth-order valence-electron chi connectivity index (χ4n) is 3.92. The molecule has 10 nitrogen and oxygen atoms in total. The summed E-state index contributed by atoms with van der Waals surface area (Å²) in [5.74, 6) is -8.27. The molecule has 45 heavy (non-hydrogen) atoms. The number of nitrogens with zero attached hydrogens (tertiary/aromatic N) is 3. The zero-order chi connectivity index (χ0) is 35.2. The van der Waals surface area contributed by atoms with Crippen LogP contribution in [-0.4, -0.2) is 112 Å². The minimum atomic E-state index is -5.08. The Kier molecular flexibility index (Phi) is 16.8. The van der Waals surface area contributed by atoms with Gasteiger partial charge in [-0.2, -0.15) is 39.5 Å². The Hall–Kier alpha value is -3.19. The van der Waals surface area contributed by atoms with Crippen LogP contribution in [0.1, 0.15) is 45.1 Å². The number of carbonyl (C=O) groups is 3. The maximum absolute atomic E-state index is 10.6. The molecule has 2 saturated heterocycles. The molecule has 0 bridgehead atoms. The molecule has 0 saturated carbocycles. The number of hydrogen-bond donors (Lipinski definition) is 3. The number of piperidine rings is 1. The van der Waals surface area contributed by atoms with E-state index in [1.807, 2.05) is 18.5 Å². The molecule has 0 radical (unpaired) electrons. The fraction of sp³-hybridized carbons (Fsp3) is 0.692. The van der Waals surface area contributed by atoms with Gasteiger partial charge in [-0.1, -0.05) is 6.07 Å². The number of likely N-dealkylation sites (N-methyl/N-ethyl adjacent to an activating group) is 1. The van der Waals surface area contributed by atoms with Gasteiger partial charge in [0.15, 0.2) is 0 Å². The first-order chi connectivity index (χ1) is 20.4. The van der Waals surface area contributed by atoms with E-state index in [1.165, 1.54) is 44.3 Å². The van der Waals surface area contributed by atoms with Gasteiger partial charge in [-0.3, -0.25) is 9.88 Å². The molecule has 0 amide bonds. The first-order valence-corrected chi connectivity index (χ1v) is 13.2. The number of likely N-dealkylation sites (tertiary alicyclic amines) is 1. The summed E-state index contributed by atoms with van der Waals surface area (Å²) in [6.45, 7) is 9.95. The zero-order valence-corrected chi connectivity index (χ0v) is 24.5. The van der Waals surface area contributed by atoms with Gasteiger partial charge in [0.1, 0.15) is 0 Å². The number of rotatable bonds is 5. The van der Waals surface area contributed by atoms with Crippen LogP contribution in [-0.2, 0) is 25.7 Å². The van der Waals surface area contributed by atoms with Crippen LogP contribution in [0, 0.1) is 5.41 Å². The highest BCUT2D eigenvalue weighted by molar-refractivity contribution is 5.73. The number of carboxylic acids is 3. The molecule has 260 valence electrons. The largest absolute Gasteiger partial charge is 0.490 e. The summed E-state index contributed by atoms with van der Waals surface area (Å²) in [5.41, 5.74) is 1.77. The predicted molar refractivity (Wildman–Crippen MR) is 139 cm³/mol. The number of hydrogen-bond acceptors (Lipinski definition) is 7. The molecule has 0 aromatic carbocycles. The van der Waals surface area contributed by atoms with Crippen LogP contribution in [0.5, 0.6) is 0 Å². The number of carboxylic acid groups (broad SMARTS) is 3. The molecule has 3 rings (SSSR count). The lowest BCUT2D eigenvalue weighted by molar-refractivity contribution is -0.193. The molecule has 1 aromatic heterocycles. The minimum absolute atomic E-state index is 0.427. The molecule has 19 heteroatoms. The first-order valence-electron chi connectivity index (χ1n) is 13.2. The van der Waals surface area contributed by atoms with Gasteiger partial charge in [-0.25, -0.2) is 14.4 Å². The van der Waals surface area contributed by atoms with Gasteiger partial charge in [0.25, 0.3) is 0 Å². The number of alkyl halides is 9. The van der Waals surface area contributed by atoms with Crippen LogP contribution in [0.2, 0.25) is 0 Å². The first kappa shape index (κ1) is 41.8. The van der Waals surface area contributed by atoms with Crippen LogP contribution < -0.4 is 0 Å². The summed E-state index contributed by atoms with van der Waals surface area (Å²) in [7, 11) is 2.20. The van der Waals surface area contributed by atoms with Crippen LogP contribution >= 0.6 is 0 Å². The van der Waals surface area contributed by atoms with E-state index in [0.29, 0.717) is 17.6 Å². The van der Waals surface area contributed by atoms with Gasteiger partial charge in [0, 0.05) is 31.5 Å². The Labute approximate surface area is 252 Å². The molecule has 2 aliphatic heterocycles. The Morgan fingerprint density at radius 2 is 1.38 bits per heavy atom. The summed E-state index contributed by atoms with van der Waals surface area (Å²) in [5, 5.41) is 21.4. The van der Waals surface area contributed by atoms with E-state index in [-0.39, 0.29) is 0 Å². The van der Waals surface area contributed by atoms with Crippen molar-refractivity contribution in [1.29, 1.82) is 0 Å². The van der Waals surface area contributed by atoms with Gasteiger partial charge >= 0.3 is 36.4 Å². The number of ether oxygens (including phenoxy) is 1. The second-order valence-electron chi connectivity index (χ2n) is 10.6. The summed E-state index contributed by atoms with van der Waals surface area (Å²) in [4.78, 5) is 35.9. The quantitative estimate of drug-likeness (QED) is 0.363. The Morgan fingerprint density at radius 3 is 1.69 bits per heavy atom. The molecule has 1 aromatic rings. The van der Waals surface area contributed by atoms with Crippen molar-refractivity contribution in [2.75, 3.05) is 33.3 Å². The molecule has 1 atom stereocenters. The van der Waals surface area contributed by atoms with Crippen LogP contribution in [0.15, 0.2) is 24.5 Å². The van der Waals surface area contributed by atoms with Gasteiger partial charge in [-0.15, -0.1) is 0 Å². The maximum Gasteiger partial charge on any atom is 0.490 e. The van der Waals surface area contributed by atoms with Crippen LogP contribution in [0.3, 0.4) is 0 Å². The third kappa shape index (κ3) is 17.8. The average Bonchev–Trinajstić information content (AvgIpc) is 2.91. The molecule has 1 spiro atoms. The van der Waals surface area contributed by atoms with Crippen molar-refractivity contribution in [2.45, 2.75) is 76.8 Å². The molecule has 1 unspecified atom stereocenters. The topological polar surface area (TPSA) is 140 Å². The van der Waals surface area contributed by atoms with Crippen molar-refractivity contribution < 1.29 is 74.0 Å². The van der Waals surface area contributed by atoms with E-state index in [2.05, 4.69) is 41.7 Å². The van der Waals surface area contributed by atoms with E-state index in [1.54, 1.807) is 0 Å². The van der Waals surface area contributed by atoms with E-state index in [4.69, 9.17) is 34.4 Å². The Balaban J connectivity index is 0.000000753. The van der Waals surface area contributed by atoms with Crippen molar-refractivity contribution in [3.63, 3.8) is 0 Å². The van der Waals surface area contributed by atoms with Crippen molar-refractivity contribution in [1.82, 2.24) is 14.8 Å². The highest BCUT2D eigenvalue weighted by Crippen LogP contribution is 2.41. The third-order valence-corrected chi connectivity index (χ3v) is 6.77. The zero-order valence-electron chi connectivity index (χ0n) is 24.5. The smallest absolute Gasteiger partial charge is 0.475 e. The lowest BCUT2D eigenvalue weighted by atomic mass is 9.73. The maximum atomic E-state index is 10.6. The molecular formula is C26H36F9N3O7. The SMILES string of the molecule is CC(C)N(C)CC1CCC2(CCN(Cc3cccnc3)CC2)CO1.O=C(O)C(F)(F)F.O=C(O)C(F)(F)F.O=C(O)C(F)(F)F. The molecule has 2 aliphatic rings. The van der Waals surface area contributed by atoms with Crippen molar-refractivity contribution in [2.24, 2.45) is 5.41 Å². The summed E-state index contributed by atoms with van der Waals surface area (Å²) < 4.78 is 101. The number of aromatic nitrogens is 1. The number of aliphatic carboxylic acids is 3. The normalized spacial score (nSPS) is 18.5. The van der Waals surface area contributed by atoms with Crippen LogP contribution in [0.25, 0.3) is 0 Å². The van der Waals surface area contributed by atoms with E-state index in [0.717, 1.165) is 19.7 Å². The highest BCUT2D eigenvalue weighted by Gasteiger charge is 2.40. The van der Waals surface area contributed by atoms with Gasteiger partial charge < -0.3 is 25.0 Å². The summed E-state index contributed by atoms with van der Waals surface area (Å²) in [6.07, 6.45) is -5.87. The molecule has 3 heterocycles. The molecular weight excluding hydrogens is 637 g/mol. The number of halogens is 9. The van der Waals surface area contributed by atoms with Gasteiger partial charge in [0.2, 0.25) is 0 Å². The monoisotopic (exact) mass is 673 g/mol. The van der Waals surface area contributed by atoms with E-state index >= 15 is 0 Å². The highest BCUT2D eigenvalue weighted by atomic mass is 19.4. The summed E-state index contributed by atoms with van der Waals surface area (Å²) in [6, 6.07) is 4.81.